The Hall–Kier alpha value is -1.88. The number of imidazole rings is 1. The normalized spacial score (nSPS) is 20.1. The molecule has 1 saturated heterocycles. The maximum Gasteiger partial charge on any atom is 0.274 e. The molecule has 0 aromatic carbocycles. The zero-order valence-electron chi connectivity index (χ0n) is 9.28. The zero-order chi connectivity index (χ0) is 11.8. The first kappa shape index (κ1) is 10.3. The summed E-state index contributed by atoms with van der Waals surface area (Å²) in [6.45, 7) is 1.01. The van der Waals surface area contributed by atoms with Gasteiger partial charge < -0.3 is 14.4 Å². The lowest BCUT2D eigenvalue weighted by atomic mass is 10.3. The number of pyridine rings is 1. The van der Waals surface area contributed by atoms with Gasteiger partial charge in [0, 0.05) is 25.5 Å². The number of fused-ring (bicyclic) bond motifs is 1. The number of likely N-dealkylation sites (tertiary alicyclic amines) is 1. The van der Waals surface area contributed by atoms with Gasteiger partial charge in [-0.25, -0.2) is 4.98 Å². The summed E-state index contributed by atoms with van der Waals surface area (Å²) < 4.78 is 1.82. The molecule has 1 aliphatic heterocycles. The minimum atomic E-state index is -0.393. The van der Waals surface area contributed by atoms with Gasteiger partial charge in [0.05, 0.1) is 6.10 Å². The van der Waals surface area contributed by atoms with Crippen LogP contribution in [0, 0.1) is 0 Å². The van der Waals surface area contributed by atoms with Crippen molar-refractivity contribution in [3.05, 3.63) is 36.3 Å². The molecule has 1 N–H and O–H groups in total. The average Bonchev–Trinajstić information content (AvgIpc) is 2.93. The number of carbonyl (C=O) groups is 1. The van der Waals surface area contributed by atoms with Crippen LogP contribution in [0.2, 0.25) is 0 Å². The summed E-state index contributed by atoms with van der Waals surface area (Å²) in [6, 6.07) is 5.63. The number of β-amino-alcohol motifs (C(OH)–C–C–N with tert-alkyl or cyclic N) is 1. The molecule has 5 heteroatoms. The molecule has 0 unspecified atom stereocenters. The highest BCUT2D eigenvalue weighted by molar-refractivity contribution is 5.93. The zero-order valence-corrected chi connectivity index (χ0v) is 9.28. The Labute approximate surface area is 98.3 Å². The lowest BCUT2D eigenvalue weighted by molar-refractivity contribution is 0.0760. The van der Waals surface area contributed by atoms with Gasteiger partial charge in [-0.05, 0) is 18.6 Å². The Morgan fingerprint density at radius 2 is 2.35 bits per heavy atom. The maximum atomic E-state index is 12.1. The van der Waals surface area contributed by atoms with E-state index in [1.165, 1.54) is 0 Å². The summed E-state index contributed by atoms with van der Waals surface area (Å²) in [4.78, 5) is 18.0. The molecule has 1 aliphatic rings. The second-order valence-electron chi connectivity index (χ2n) is 4.29. The van der Waals surface area contributed by atoms with Crippen LogP contribution < -0.4 is 0 Å². The molecular weight excluding hydrogens is 218 g/mol. The number of amides is 1. The molecule has 1 atom stereocenters. The Kier molecular flexibility index (Phi) is 2.33. The third kappa shape index (κ3) is 1.78. The fourth-order valence-corrected chi connectivity index (χ4v) is 2.13. The smallest absolute Gasteiger partial charge is 0.274 e. The van der Waals surface area contributed by atoms with Crippen molar-refractivity contribution >= 4 is 11.6 Å². The van der Waals surface area contributed by atoms with Crippen LogP contribution >= 0.6 is 0 Å². The van der Waals surface area contributed by atoms with E-state index in [9.17, 15) is 9.90 Å². The average molecular weight is 231 g/mol. The highest BCUT2D eigenvalue weighted by Gasteiger charge is 2.26. The fourth-order valence-electron chi connectivity index (χ4n) is 2.13. The number of carbonyl (C=O) groups excluding carboxylic acids is 1. The van der Waals surface area contributed by atoms with Gasteiger partial charge in [0.25, 0.3) is 5.91 Å². The predicted molar refractivity (Wildman–Crippen MR) is 61.7 cm³/mol. The summed E-state index contributed by atoms with van der Waals surface area (Å²) >= 11 is 0. The van der Waals surface area contributed by atoms with Crippen molar-refractivity contribution in [3.8, 4) is 0 Å². The van der Waals surface area contributed by atoms with Gasteiger partial charge in [-0.1, -0.05) is 6.07 Å². The van der Waals surface area contributed by atoms with Gasteiger partial charge >= 0.3 is 0 Å². The summed E-state index contributed by atoms with van der Waals surface area (Å²) in [5, 5.41) is 9.42. The largest absolute Gasteiger partial charge is 0.391 e. The number of nitrogens with zero attached hydrogens (tertiary/aromatic N) is 3. The molecule has 3 heterocycles. The molecule has 0 spiro atoms. The molecular formula is C12H13N3O2. The first-order chi connectivity index (χ1) is 8.24. The number of aromatic nitrogens is 2. The van der Waals surface area contributed by atoms with Gasteiger partial charge in [0.1, 0.15) is 11.3 Å². The van der Waals surface area contributed by atoms with E-state index in [2.05, 4.69) is 4.98 Å². The van der Waals surface area contributed by atoms with Crippen molar-refractivity contribution in [3.63, 3.8) is 0 Å². The lowest BCUT2D eigenvalue weighted by Gasteiger charge is -2.13. The Balaban J connectivity index is 1.90. The van der Waals surface area contributed by atoms with Crippen LogP contribution in [0.4, 0.5) is 0 Å². The van der Waals surface area contributed by atoms with E-state index in [0.717, 1.165) is 5.65 Å². The van der Waals surface area contributed by atoms with Gasteiger partial charge in [0.15, 0.2) is 0 Å². The highest BCUT2D eigenvalue weighted by Crippen LogP contribution is 2.13. The SMILES string of the molecule is O=C(c1cn2ccccc2n1)N1CC[C@H](O)C1. The van der Waals surface area contributed by atoms with Crippen LogP contribution in [-0.4, -0.2) is 44.5 Å². The number of aliphatic hydroxyl groups excluding tert-OH is 1. The highest BCUT2D eigenvalue weighted by atomic mass is 16.3. The Morgan fingerprint density at radius 1 is 1.47 bits per heavy atom. The van der Waals surface area contributed by atoms with Crippen LogP contribution in [0.25, 0.3) is 5.65 Å². The second kappa shape index (κ2) is 3.85. The van der Waals surface area contributed by atoms with Crippen molar-refractivity contribution in [2.45, 2.75) is 12.5 Å². The van der Waals surface area contributed by atoms with E-state index in [-0.39, 0.29) is 5.91 Å². The van der Waals surface area contributed by atoms with Gasteiger partial charge in [-0.15, -0.1) is 0 Å². The first-order valence-corrected chi connectivity index (χ1v) is 5.65. The molecule has 1 amide bonds. The first-order valence-electron chi connectivity index (χ1n) is 5.65. The fraction of sp³-hybridized carbons (Fsp3) is 0.333. The molecule has 5 nitrogen and oxygen atoms in total. The summed E-state index contributed by atoms with van der Waals surface area (Å²) in [5.41, 5.74) is 1.20. The van der Waals surface area contributed by atoms with E-state index >= 15 is 0 Å². The minimum Gasteiger partial charge on any atom is -0.391 e. The summed E-state index contributed by atoms with van der Waals surface area (Å²) in [7, 11) is 0. The van der Waals surface area contributed by atoms with E-state index in [1.807, 2.05) is 28.8 Å². The van der Waals surface area contributed by atoms with Crippen molar-refractivity contribution in [1.82, 2.24) is 14.3 Å². The van der Waals surface area contributed by atoms with Gasteiger partial charge in [-0.2, -0.15) is 0 Å². The number of rotatable bonds is 1. The predicted octanol–water partition coefficient (Wildman–Crippen LogP) is 0.541. The van der Waals surface area contributed by atoms with E-state index < -0.39 is 6.10 Å². The number of aliphatic hydroxyl groups is 1. The summed E-state index contributed by atoms with van der Waals surface area (Å²) in [6.07, 6.45) is 3.84. The van der Waals surface area contributed by atoms with Crippen molar-refractivity contribution < 1.29 is 9.90 Å². The van der Waals surface area contributed by atoms with Crippen LogP contribution in [-0.2, 0) is 0 Å². The lowest BCUT2D eigenvalue weighted by Crippen LogP contribution is -2.29. The molecule has 88 valence electrons. The van der Waals surface area contributed by atoms with Crippen LogP contribution in [0.3, 0.4) is 0 Å². The molecule has 0 saturated carbocycles. The van der Waals surface area contributed by atoms with Crippen LogP contribution in [0.15, 0.2) is 30.6 Å². The maximum absolute atomic E-state index is 12.1. The molecule has 2 aromatic heterocycles. The molecule has 0 radical (unpaired) electrons. The minimum absolute atomic E-state index is 0.106. The number of hydrogen-bond donors (Lipinski definition) is 1. The molecule has 3 rings (SSSR count). The van der Waals surface area contributed by atoms with Crippen LogP contribution in [0.5, 0.6) is 0 Å². The molecule has 1 fully saturated rings. The molecule has 2 aromatic rings. The van der Waals surface area contributed by atoms with E-state index in [1.54, 1.807) is 11.1 Å². The number of hydrogen-bond acceptors (Lipinski definition) is 3. The van der Waals surface area contributed by atoms with E-state index in [4.69, 9.17) is 0 Å². The monoisotopic (exact) mass is 231 g/mol. The van der Waals surface area contributed by atoms with E-state index in [0.29, 0.717) is 25.2 Å². The van der Waals surface area contributed by atoms with Gasteiger partial charge in [-0.3, -0.25) is 4.79 Å². The van der Waals surface area contributed by atoms with Crippen LogP contribution in [0.1, 0.15) is 16.9 Å². The van der Waals surface area contributed by atoms with Crippen molar-refractivity contribution in [2.24, 2.45) is 0 Å². The molecule has 17 heavy (non-hydrogen) atoms. The van der Waals surface area contributed by atoms with Crippen molar-refractivity contribution in [2.75, 3.05) is 13.1 Å². The Morgan fingerprint density at radius 3 is 3.06 bits per heavy atom. The topological polar surface area (TPSA) is 57.8 Å². The van der Waals surface area contributed by atoms with Crippen molar-refractivity contribution in [1.29, 1.82) is 0 Å². The quantitative estimate of drug-likeness (QED) is 0.779. The Bertz CT molecular complexity index is 531. The molecule has 0 aliphatic carbocycles. The third-order valence-corrected chi connectivity index (χ3v) is 3.03. The summed E-state index contributed by atoms with van der Waals surface area (Å²) in [5.74, 6) is -0.106. The molecule has 0 bridgehead atoms. The van der Waals surface area contributed by atoms with Gasteiger partial charge in [0.2, 0.25) is 0 Å². The third-order valence-electron chi connectivity index (χ3n) is 3.03. The second-order valence-corrected chi connectivity index (χ2v) is 4.29. The standard InChI is InChI=1S/C12H13N3O2/c16-9-4-6-15(7-9)12(17)10-8-14-5-2-1-3-11(14)13-10/h1-3,5,8-9,16H,4,6-7H2/t9-/m0/s1.